The third-order valence-electron chi connectivity index (χ3n) is 6.02. The second kappa shape index (κ2) is 8.57. The Morgan fingerprint density at radius 3 is 2.30 bits per heavy atom. The molecule has 0 saturated heterocycles. The first-order valence-electron chi connectivity index (χ1n) is 10.7. The monoisotopic (exact) mass is 452 g/mol. The van der Waals surface area contributed by atoms with Gasteiger partial charge in [-0.05, 0) is 35.9 Å². The minimum absolute atomic E-state index is 0. The number of hydrogen-bond donors (Lipinski definition) is 0. The number of para-hydroxylation sites is 1. The number of hydrogen-bond acceptors (Lipinski definition) is 2. The SMILES string of the molecule is O=c1ccc2c3c(cc[n+]2Cc2ccc(OCc4ccccc4)cc2)c2ccccc2n13.[Cl-]. The average Bonchev–Trinajstić information content (AvgIpc) is 3.18. The van der Waals surface area contributed by atoms with E-state index in [4.69, 9.17) is 4.74 Å². The van der Waals surface area contributed by atoms with Crippen LogP contribution in [-0.4, -0.2) is 4.40 Å². The lowest BCUT2D eigenvalue weighted by atomic mass is 10.1. The van der Waals surface area contributed by atoms with Gasteiger partial charge >= 0.3 is 0 Å². The number of halogens is 1. The van der Waals surface area contributed by atoms with Gasteiger partial charge < -0.3 is 17.1 Å². The van der Waals surface area contributed by atoms with Crippen molar-refractivity contribution in [1.29, 1.82) is 0 Å². The van der Waals surface area contributed by atoms with Crippen molar-refractivity contribution < 1.29 is 21.7 Å². The van der Waals surface area contributed by atoms with Gasteiger partial charge in [-0.15, -0.1) is 0 Å². The minimum atomic E-state index is 0. The zero-order chi connectivity index (χ0) is 21.5. The van der Waals surface area contributed by atoms with E-state index in [1.54, 1.807) is 6.07 Å². The Balaban J connectivity index is 0.00000228. The van der Waals surface area contributed by atoms with Crippen molar-refractivity contribution in [2.75, 3.05) is 0 Å². The Labute approximate surface area is 197 Å². The Bertz CT molecular complexity index is 1610. The second-order valence-corrected chi connectivity index (χ2v) is 8.03. The molecule has 0 radical (unpaired) electrons. The van der Waals surface area contributed by atoms with E-state index >= 15 is 0 Å². The van der Waals surface area contributed by atoms with Crippen molar-refractivity contribution in [2.45, 2.75) is 13.2 Å². The Morgan fingerprint density at radius 2 is 1.48 bits per heavy atom. The molecule has 0 atom stereocenters. The molecule has 0 amide bonds. The van der Waals surface area contributed by atoms with Crippen LogP contribution in [0.15, 0.2) is 108 Å². The molecular formula is C28H21ClN2O2. The van der Waals surface area contributed by atoms with Gasteiger partial charge in [-0.2, -0.15) is 4.57 Å². The molecule has 5 heteroatoms. The summed E-state index contributed by atoms with van der Waals surface area (Å²) in [7, 11) is 0. The van der Waals surface area contributed by atoms with Gasteiger partial charge in [-0.25, -0.2) is 0 Å². The highest BCUT2D eigenvalue weighted by molar-refractivity contribution is 6.11. The van der Waals surface area contributed by atoms with Gasteiger partial charge in [0, 0.05) is 34.5 Å². The molecule has 162 valence electrons. The molecule has 0 unspecified atom stereocenters. The number of aromatic nitrogens is 2. The molecule has 4 nitrogen and oxygen atoms in total. The second-order valence-electron chi connectivity index (χ2n) is 8.03. The van der Waals surface area contributed by atoms with Gasteiger partial charge in [0.25, 0.3) is 5.56 Å². The first kappa shape index (κ1) is 21.0. The lowest BCUT2D eigenvalue weighted by Crippen LogP contribution is -3.00. The number of fused-ring (bicyclic) bond motifs is 3. The van der Waals surface area contributed by atoms with Gasteiger partial charge in [0.2, 0.25) is 5.52 Å². The summed E-state index contributed by atoms with van der Waals surface area (Å²) in [5, 5.41) is 2.21. The van der Waals surface area contributed by atoms with Gasteiger partial charge in [-0.1, -0.05) is 48.5 Å². The predicted molar refractivity (Wildman–Crippen MR) is 126 cm³/mol. The summed E-state index contributed by atoms with van der Waals surface area (Å²) in [6, 6.07) is 32.2. The third kappa shape index (κ3) is 3.69. The van der Waals surface area contributed by atoms with E-state index in [1.807, 2.05) is 59.0 Å². The molecule has 0 aliphatic heterocycles. The fourth-order valence-corrected chi connectivity index (χ4v) is 4.46. The average molecular weight is 453 g/mol. The fraction of sp³-hybridized carbons (Fsp3) is 0.0714. The lowest BCUT2D eigenvalue weighted by molar-refractivity contribution is -0.662. The van der Waals surface area contributed by atoms with Crippen LogP contribution < -0.4 is 27.3 Å². The highest BCUT2D eigenvalue weighted by Crippen LogP contribution is 2.28. The zero-order valence-corrected chi connectivity index (χ0v) is 18.6. The largest absolute Gasteiger partial charge is 1.00 e. The minimum Gasteiger partial charge on any atom is -1.00 e. The molecule has 3 heterocycles. The summed E-state index contributed by atoms with van der Waals surface area (Å²) >= 11 is 0. The summed E-state index contributed by atoms with van der Waals surface area (Å²) < 4.78 is 9.94. The molecule has 0 aliphatic carbocycles. The van der Waals surface area contributed by atoms with Crippen molar-refractivity contribution in [3.63, 3.8) is 0 Å². The van der Waals surface area contributed by atoms with Crippen LogP contribution in [0.1, 0.15) is 11.1 Å². The highest BCUT2D eigenvalue weighted by atomic mass is 35.5. The van der Waals surface area contributed by atoms with Gasteiger partial charge in [0.15, 0.2) is 12.7 Å². The molecule has 0 bridgehead atoms. The van der Waals surface area contributed by atoms with Crippen LogP contribution in [-0.2, 0) is 13.2 Å². The molecule has 0 fully saturated rings. The molecule has 33 heavy (non-hydrogen) atoms. The smallest absolute Gasteiger partial charge is 0.256 e. The zero-order valence-electron chi connectivity index (χ0n) is 17.8. The van der Waals surface area contributed by atoms with Crippen LogP contribution in [0.2, 0.25) is 0 Å². The Hall–Kier alpha value is -3.89. The van der Waals surface area contributed by atoms with E-state index in [0.717, 1.165) is 38.6 Å². The number of rotatable bonds is 5. The maximum absolute atomic E-state index is 12.7. The van der Waals surface area contributed by atoms with Gasteiger partial charge in [-0.3, -0.25) is 9.20 Å². The van der Waals surface area contributed by atoms with Gasteiger partial charge in [0.1, 0.15) is 17.9 Å². The molecule has 0 saturated carbocycles. The highest BCUT2D eigenvalue weighted by Gasteiger charge is 2.19. The molecule has 0 aliphatic rings. The number of benzene rings is 3. The van der Waals surface area contributed by atoms with E-state index in [2.05, 4.69) is 47.2 Å². The van der Waals surface area contributed by atoms with Crippen molar-refractivity contribution in [1.82, 2.24) is 4.40 Å². The maximum atomic E-state index is 12.7. The number of ether oxygens (including phenoxy) is 1. The standard InChI is InChI=1S/C28H21N2O2.ClH/c31-27-15-14-26-28-24(23-8-4-5-9-25(23)30(27)28)16-17-29(26)18-20-10-12-22(13-11-20)32-19-21-6-2-1-3-7-21;/h1-17H,18-19H2;1H/q+1;/p-1. The van der Waals surface area contributed by atoms with Crippen LogP contribution in [0.4, 0.5) is 0 Å². The Morgan fingerprint density at radius 1 is 0.727 bits per heavy atom. The van der Waals surface area contributed by atoms with Crippen LogP contribution in [0.3, 0.4) is 0 Å². The fourth-order valence-electron chi connectivity index (χ4n) is 4.46. The molecule has 3 aromatic carbocycles. The Kier molecular flexibility index (Phi) is 5.45. The first-order valence-corrected chi connectivity index (χ1v) is 10.7. The van der Waals surface area contributed by atoms with Crippen molar-refractivity contribution in [2.24, 2.45) is 0 Å². The molecule has 0 spiro atoms. The summed E-state index contributed by atoms with van der Waals surface area (Å²) in [6.45, 7) is 1.27. The third-order valence-corrected chi connectivity index (χ3v) is 6.02. The lowest BCUT2D eigenvalue weighted by Gasteiger charge is -2.07. The van der Waals surface area contributed by atoms with E-state index < -0.39 is 0 Å². The normalized spacial score (nSPS) is 11.2. The summed E-state index contributed by atoms with van der Waals surface area (Å²) in [5.41, 5.74) is 5.30. The summed E-state index contributed by atoms with van der Waals surface area (Å²) in [4.78, 5) is 12.7. The van der Waals surface area contributed by atoms with Crippen LogP contribution in [0, 0.1) is 0 Å². The molecule has 0 N–H and O–H groups in total. The maximum Gasteiger partial charge on any atom is 0.256 e. The number of pyridine rings is 2. The van der Waals surface area contributed by atoms with Crippen LogP contribution in [0.25, 0.3) is 27.3 Å². The molecule has 3 aromatic heterocycles. The molecule has 6 aromatic rings. The van der Waals surface area contributed by atoms with E-state index in [1.165, 1.54) is 5.56 Å². The van der Waals surface area contributed by atoms with E-state index in [-0.39, 0.29) is 18.0 Å². The first-order chi connectivity index (χ1) is 15.8. The van der Waals surface area contributed by atoms with Crippen molar-refractivity contribution in [3.8, 4) is 5.75 Å². The molecular weight excluding hydrogens is 432 g/mol. The van der Waals surface area contributed by atoms with Crippen LogP contribution >= 0.6 is 0 Å². The van der Waals surface area contributed by atoms with Crippen molar-refractivity contribution in [3.05, 3.63) is 125 Å². The number of nitrogens with zero attached hydrogens (tertiary/aromatic N) is 2. The van der Waals surface area contributed by atoms with Crippen LogP contribution in [0.5, 0.6) is 5.75 Å². The summed E-state index contributed by atoms with van der Waals surface area (Å²) in [5.74, 6) is 0.852. The molecule has 6 rings (SSSR count). The summed E-state index contributed by atoms with van der Waals surface area (Å²) in [6.07, 6.45) is 2.11. The topological polar surface area (TPSA) is 34.6 Å². The van der Waals surface area contributed by atoms with Crippen molar-refractivity contribution >= 4 is 27.3 Å². The quantitative estimate of drug-likeness (QED) is 0.375. The predicted octanol–water partition coefficient (Wildman–Crippen LogP) is 1.96. The van der Waals surface area contributed by atoms with Gasteiger partial charge in [0.05, 0.1) is 5.52 Å². The van der Waals surface area contributed by atoms with E-state index in [9.17, 15) is 4.79 Å². The van der Waals surface area contributed by atoms with E-state index in [0.29, 0.717) is 13.2 Å².